The number of carbonyl (C=O) groups is 1. The van der Waals surface area contributed by atoms with Gasteiger partial charge in [-0.3, -0.25) is 9.69 Å². The second-order valence-electron chi connectivity index (χ2n) is 7.72. The maximum Gasteiger partial charge on any atom is 0.222 e. The summed E-state index contributed by atoms with van der Waals surface area (Å²) in [6.07, 6.45) is 4.36. The number of amides is 1. The third kappa shape index (κ3) is 4.21. The number of hydrogen-bond donors (Lipinski definition) is 1. The molecule has 1 spiro atoms. The maximum absolute atomic E-state index is 14.2. The number of rotatable bonds is 5. The Hall–Kier alpha value is -1.46. The molecule has 2 fully saturated rings. The van der Waals surface area contributed by atoms with E-state index in [0.29, 0.717) is 31.5 Å². The first-order valence-electron chi connectivity index (χ1n) is 9.38. The highest BCUT2D eigenvalue weighted by Gasteiger charge is 2.40. The van der Waals surface area contributed by atoms with Crippen molar-refractivity contribution in [1.29, 1.82) is 0 Å². The zero-order valence-corrected chi connectivity index (χ0v) is 15.1. The van der Waals surface area contributed by atoms with Gasteiger partial charge in [0.25, 0.3) is 0 Å². The molecule has 1 aromatic carbocycles. The summed E-state index contributed by atoms with van der Waals surface area (Å²) < 4.78 is 14.2. The third-order valence-corrected chi connectivity index (χ3v) is 5.92. The van der Waals surface area contributed by atoms with Crippen molar-refractivity contribution in [2.24, 2.45) is 5.41 Å². The fourth-order valence-electron chi connectivity index (χ4n) is 4.23. The van der Waals surface area contributed by atoms with Crippen molar-refractivity contribution in [3.8, 4) is 0 Å². The Labute approximate surface area is 149 Å². The molecule has 0 atom stereocenters. The van der Waals surface area contributed by atoms with Crippen LogP contribution in [0.15, 0.2) is 18.2 Å². The summed E-state index contributed by atoms with van der Waals surface area (Å²) in [5, 5.41) is 9.03. The predicted octanol–water partition coefficient (Wildman–Crippen LogP) is 2.72. The Morgan fingerprint density at radius 2 is 2.00 bits per heavy atom. The number of hydrogen-bond acceptors (Lipinski definition) is 3. The molecule has 2 aliphatic heterocycles. The van der Waals surface area contributed by atoms with Crippen LogP contribution in [0.25, 0.3) is 0 Å². The van der Waals surface area contributed by atoms with Crippen LogP contribution >= 0.6 is 0 Å². The molecular weight excluding hydrogens is 319 g/mol. The standard InChI is InChI=1S/C20H29FN2O2/c1-16-4-2-5-17(19(16)21)14-22-11-8-20(9-12-22)7-6-18(25)23(15-20)10-3-13-24/h2,4-5,24H,3,6-15H2,1H3. The van der Waals surface area contributed by atoms with E-state index in [-0.39, 0.29) is 23.7 Å². The highest BCUT2D eigenvalue weighted by molar-refractivity contribution is 5.77. The van der Waals surface area contributed by atoms with Crippen LogP contribution in [-0.4, -0.2) is 53.6 Å². The Bertz CT molecular complexity index is 612. The van der Waals surface area contributed by atoms with Crippen molar-refractivity contribution in [3.05, 3.63) is 35.1 Å². The lowest BCUT2D eigenvalue weighted by Crippen LogP contribution is -2.51. The van der Waals surface area contributed by atoms with Gasteiger partial charge in [0.05, 0.1) is 0 Å². The van der Waals surface area contributed by atoms with E-state index in [1.807, 2.05) is 30.0 Å². The molecule has 1 N–H and O–H groups in total. The number of piperidine rings is 2. The zero-order chi connectivity index (χ0) is 17.9. The minimum Gasteiger partial charge on any atom is -0.396 e. The smallest absolute Gasteiger partial charge is 0.222 e. The first kappa shape index (κ1) is 18.3. The average molecular weight is 348 g/mol. The van der Waals surface area contributed by atoms with Gasteiger partial charge in [0, 0.05) is 38.2 Å². The number of likely N-dealkylation sites (tertiary alicyclic amines) is 2. The second-order valence-corrected chi connectivity index (χ2v) is 7.72. The normalized spacial score (nSPS) is 21.1. The summed E-state index contributed by atoms with van der Waals surface area (Å²) in [5.74, 6) is 0.143. The van der Waals surface area contributed by atoms with Gasteiger partial charge >= 0.3 is 0 Å². The van der Waals surface area contributed by atoms with Crippen molar-refractivity contribution < 1.29 is 14.3 Å². The summed E-state index contributed by atoms with van der Waals surface area (Å²) in [6.45, 7) is 5.99. The molecule has 2 heterocycles. The molecule has 1 amide bonds. The number of halogens is 1. The van der Waals surface area contributed by atoms with Crippen LogP contribution in [0.4, 0.5) is 4.39 Å². The van der Waals surface area contributed by atoms with Gasteiger partial charge in [-0.1, -0.05) is 18.2 Å². The van der Waals surface area contributed by atoms with Crippen molar-refractivity contribution in [2.75, 3.05) is 32.8 Å². The number of benzene rings is 1. The monoisotopic (exact) mass is 348 g/mol. The maximum atomic E-state index is 14.2. The molecule has 0 radical (unpaired) electrons. The van der Waals surface area contributed by atoms with Gasteiger partial charge in [-0.15, -0.1) is 0 Å². The Kier molecular flexibility index (Phi) is 5.74. The van der Waals surface area contributed by atoms with Gasteiger partial charge in [-0.2, -0.15) is 0 Å². The van der Waals surface area contributed by atoms with E-state index in [4.69, 9.17) is 5.11 Å². The lowest BCUT2D eigenvalue weighted by atomic mass is 9.72. The van der Waals surface area contributed by atoms with Gasteiger partial charge in [-0.25, -0.2) is 4.39 Å². The molecule has 25 heavy (non-hydrogen) atoms. The van der Waals surface area contributed by atoms with Crippen LogP contribution in [0.2, 0.25) is 0 Å². The van der Waals surface area contributed by atoms with E-state index >= 15 is 0 Å². The summed E-state index contributed by atoms with van der Waals surface area (Å²) in [7, 11) is 0. The second kappa shape index (κ2) is 7.83. The van der Waals surface area contributed by atoms with Gasteiger partial charge in [0.2, 0.25) is 5.91 Å². The number of aryl methyl sites for hydroxylation is 1. The first-order chi connectivity index (χ1) is 12.0. The number of aliphatic hydroxyl groups excluding tert-OH is 1. The molecule has 4 nitrogen and oxygen atoms in total. The molecule has 0 saturated carbocycles. The van der Waals surface area contributed by atoms with Crippen molar-refractivity contribution in [2.45, 2.75) is 45.6 Å². The Morgan fingerprint density at radius 1 is 1.24 bits per heavy atom. The molecule has 0 aliphatic carbocycles. The lowest BCUT2D eigenvalue weighted by Gasteiger charge is -2.47. The zero-order valence-electron chi connectivity index (χ0n) is 15.1. The minimum atomic E-state index is -0.0822. The Balaban J connectivity index is 1.57. The molecule has 1 aromatic rings. The number of aliphatic hydroxyl groups is 1. The van der Waals surface area contributed by atoms with Crippen LogP contribution in [-0.2, 0) is 11.3 Å². The Morgan fingerprint density at radius 3 is 2.72 bits per heavy atom. The van der Waals surface area contributed by atoms with Crippen LogP contribution < -0.4 is 0 Å². The molecule has 0 bridgehead atoms. The molecule has 5 heteroatoms. The van der Waals surface area contributed by atoms with E-state index in [0.717, 1.165) is 44.5 Å². The van der Waals surface area contributed by atoms with E-state index in [1.165, 1.54) is 0 Å². The molecule has 2 aliphatic rings. The average Bonchev–Trinajstić information content (AvgIpc) is 2.62. The van der Waals surface area contributed by atoms with Gasteiger partial charge in [-0.05, 0) is 56.7 Å². The number of nitrogens with zero attached hydrogens (tertiary/aromatic N) is 2. The molecule has 138 valence electrons. The number of carbonyl (C=O) groups excluding carboxylic acids is 1. The summed E-state index contributed by atoms with van der Waals surface area (Å²) in [6, 6.07) is 5.61. The molecular formula is C20H29FN2O2. The fraction of sp³-hybridized carbons (Fsp3) is 0.650. The van der Waals surface area contributed by atoms with E-state index in [2.05, 4.69) is 4.90 Å². The fourth-order valence-corrected chi connectivity index (χ4v) is 4.23. The van der Waals surface area contributed by atoms with E-state index in [9.17, 15) is 9.18 Å². The molecule has 3 rings (SSSR count). The molecule has 0 aromatic heterocycles. The highest BCUT2D eigenvalue weighted by Crippen LogP contribution is 2.40. The van der Waals surface area contributed by atoms with E-state index in [1.54, 1.807) is 0 Å². The third-order valence-electron chi connectivity index (χ3n) is 5.92. The van der Waals surface area contributed by atoms with Crippen molar-refractivity contribution >= 4 is 5.91 Å². The van der Waals surface area contributed by atoms with Crippen LogP contribution in [0.3, 0.4) is 0 Å². The SMILES string of the molecule is Cc1cccc(CN2CCC3(CCC(=O)N(CCCO)C3)CC2)c1F. The van der Waals surface area contributed by atoms with Crippen molar-refractivity contribution in [3.63, 3.8) is 0 Å². The summed E-state index contributed by atoms with van der Waals surface area (Å²) >= 11 is 0. The topological polar surface area (TPSA) is 43.8 Å². The predicted molar refractivity (Wildman–Crippen MR) is 95.6 cm³/mol. The van der Waals surface area contributed by atoms with Crippen molar-refractivity contribution in [1.82, 2.24) is 9.80 Å². The lowest BCUT2D eigenvalue weighted by molar-refractivity contribution is -0.139. The van der Waals surface area contributed by atoms with Crippen LogP contribution in [0, 0.1) is 18.2 Å². The summed E-state index contributed by atoms with van der Waals surface area (Å²) in [5.41, 5.74) is 1.70. The minimum absolute atomic E-state index is 0.0822. The summed E-state index contributed by atoms with van der Waals surface area (Å²) in [4.78, 5) is 16.4. The quantitative estimate of drug-likeness (QED) is 0.890. The van der Waals surface area contributed by atoms with E-state index < -0.39 is 0 Å². The van der Waals surface area contributed by atoms with Crippen LogP contribution in [0.5, 0.6) is 0 Å². The molecule has 2 saturated heterocycles. The highest BCUT2D eigenvalue weighted by atomic mass is 19.1. The van der Waals surface area contributed by atoms with Gasteiger partial charge in [0.15, 0.2) is 0 Å². The van der Waals surface area contributed by atoms with Gasteiger partial charge < -0.3 is 10.0 Å². The molecule has 0 unspecified atom stereocenters. The van der Waals surface area contributed by atoms with Crippen LogP contribution in [0.1, 0.15) is 43.2 Å². The first-order valence-corrected chi connectivity index (χ1v) is 9.38. The largest absolute Gasteiger partial charge is 0.396 e. The van der Waals surface area contributed by atoms with Gasteiger partial charge in [0.1, 0.15) is 5.82 Å².